The molecule has 1 aromatic heterocycles. The molecule has 0 bridgehead atoms. The van der Waals surface area contributed by atoms with Crippen LogP contribution < -0.4 is 11.3 Å². The van der Waals surface area contributed by atoms with Gasteiger partial charge in [0.05, 0.1) is 5.69 Å². The third-order valence-electron chi connectivity index (χ3n) is 3.51. The van der Waals surface area contributed by atoms with Crippen molar-refractivity contribution in [2.45, 2.75) is 32.7 Å². The van der Waals surface area contributed by atoms with Crippen molar-refractivity contribution in [3.05, 3.63) is 52.8 Å². The van der Waals surface area contributed by atoms with Crippen molar-refractivity contribution < 1.29 is 0 Å². The monoisotopic (exact) mass is 258 g/mol. The van der Waals surface area contributed by atoms with Crippen LogP contribution in [0.25, 0.3) is 0 Å². The van der Waals surface area contributed by atoms with Crippen molar-refractivity contribution >= 4 is 0 Å². The van der Waals surface area contributed by atoms with Crippen molar-refractivity contribution in [3.63, 3.8) is 0 Å². The summed E-state index contributed by atoms with van der Waals surface area (Å²) >= 11 is 0. The molecule has 0 aliphatic carbocycles. The second-order valence-electron chi connectivity index (χ2n) is 5.17. The number of nitrogens with zero attached hydrogens (tertiary/aromatic N) is 2. The van der Waals surface area contributed by atoms with Gasteiger partial charge in [-0.2, -0.15) is 5.10 Å². The van der Waals surface area contributed by atoms with Crippen LogP contribution in [-0.4, -0.2) is 15.8 Å². The molecular weight excluding hydrogens is 236 g/mol. The molecule has 3 N–H and O–H groups in total. The Bertz CT molecular complexity index is 545. The van der Waals surface area contributed by atoms with E-state index in [9.17, 15) is 0 Å². The van der Waals surface area contributed by atoms with Gasteiger partial charge in [0.1, 0.15) is 0 Å². The number of benzene rings is 1. The summed E-state index contributed by atoms with van der Waals surface area (Å²) in [7, 11) is 1.93. The molecule has 0 saturated heterocycles. The maximum absolute atomic E-state index is 5.66. The Hall–Kier alpha value is -1.65. The summed E-state index contributed by atoms with van der Waals surface area (Å²) in [5, 5.41) is 4.39. The van der Waals surface area contributed by atoms with Gasteiger partial charge in [0, 0.05) is 25.7 Å². The van der Waals surface area contributed by atoms with E-state index in [2.05, 4.69) is 42.6 Å². The zero-order valence-electron chi connectivity index (χ0n) is 11.9. The van der Waals surface area contributed by atoms with Gasteiger partial charge in [-0.05, 0) is 43.0 Å². The van der Waals surface area contributed by atoms with Crippen LogP contribution in [0.5, 0.6) is 0 Å². The van der Waals surface area contributed by atoms with E-state index in [0.717, 1.165) is 18.5 Å². The minimum Gasteiger partial charge on any atom is -0.276 e. The molecule has 0 spiro atoms. The molecule has 1 aromatic carbocycles. The first-order chi connectivity index (χ1) is 9.08. The third-order valence-corrected chi connectivity index (χ3v) is 3.51. The Morgan fingerprint density at radius 1 is 1.21 bits per heavy atom. The molecule has 1 atom stereocenters. The Kier molecular flexibility index (Phi) is 4.35. The molecule has 2 aromatic rings. The van der Waals surface area contributed by atoms with Crippen molar-refractivity contribution in [2.75, 3.05) is 0 Å². The van der Waals surface area contributed by atoms with Crippen molar-refractivity contribution in [1.82, 2.24) is 15.2 Å². The minimum atomic E-state index is 0.206. The van der Waals surface area contributed by atoms with Crippen LogP contribution in [0.1, 0.15) is 22.4 Å². The maximum atomic E-state index is 5.66. The molecule has 0 aliphatic heterocycles. The lowest BCUT2D eigenvalue weighted by Crippen LogP contribution is -2.38. The molecule has 0 radical (unpaired) electrons. The van der Waals surface area contributed by atoms with Crippen LogP contribution in [-0.2, 0) is 19.9 Å². The summed E-state index contributed by atoms with van der Waals surface area (Å²) in [6, 6.07) is 8.81. The predicted molar refractivity (Wildman–Crippen MR) is 77.6 cm³/mol. The first-order valence-corrected chi connectivity index (χ1v) is 6.59. The van der Waals surface area contributed by atoms with Gasteiger partial charge in [-0.1, -0.05) is 18.2 Å². The average molecular weight is 258 g/mol. The number of aryl methyl sites for hydroxylation is 3. The predicted octanol–water partition coefficient (Wildman–Crippen LogP) is 1.65. The van der Waals surface area contributed by atoms with Gasteiger partial charge < -0.3 is 0 Å². The summed E-state index contributed by atoms with van der Waals surface area (Å²) in [6.45, 7) is 4.27. The molecule has 0 fully saturated rings. The molecule has 1 heterocycles. The number of aromatic nitrogens is 2. The van der Waals surface area contributed by atoms with Crippen LogP contribution in [0.15, 0.2) is 30.5 Å². The van der Waals surface area contributed by atoms with E-state index in [1.807, 2.05) is 24.0 Å². The molecular formula is C15H22N4. The molecule has 4 nitrogen and oxygen atoms in total. The Morgan fingerprint density at radius 3 is 2.58 bits per heavy atom. The highest BCUT2D eigenvalue weighted by Crippen LogP contribution is 2.13. The maximum Gasteiger partial charge on any atom is 0.0640 e. The van der Waals surface area contributed by atoms with Crippen LogP contribution in [0, 0.1) is 13.8 Å². The van der Waals surface area contributed by atoms with Crippen molar-refractivity contribution in [3.8, 4) is 0 Å². The Balaban J connectivity index is 2.04. The van der Waals surface area contributed by atoms with E-state index in [0.29, 0.717) is 0 Å². The lowest BCUT2D eigenvalue weighted by molar-refractivity contribution is 0.514. The van der Waals surface area contributed by atoms with Crippen molar-refractivity contribution in [2.24, 2.45) is 12.9 Å². The number of hydrogen-bond acceptors (Lipinski definition) is 3. The van der Waals surface area contributed by atoms with Crippen LogP contribution >= 0.6 is 0 Å². The fourth-order valence-electron chi connectivity index (χ4n) is 2.23. The standard InChI is InChI=1S/C15H22N4/c1-11-4-5-13(8-12(11)2)9-15(17-16)10-14-6-7-19(3)18-14/h4-8,15,17H,9-10,16H2,1-3H3. The fourth-order valence-corrected chi connectivity index (χ4v) is 2.23. The number of nitrogens with one attached hydrogen (secondary N) is 1. The SMILES string of the molecule is Cc1ccc(CC(Cc2ccn(C)n2)NN)cc1C. The Labute approximate surface area is 114 Å². The normalized spacial score (nSPS) is 12.6. The largest absolute Gasteiger partial charge is 0.276 e. The minimum absolute atomic E-state index is 0.206. The van der Waals surface area contributed by atoms with Crippen LogP contribution in [0.2, 0.25) is 0 Å². The van der Waals surface area contributed by atoms with Gasteiger partial charge in [0.2, 0.25) is 0 Å². The molecule has 0 aliphatic rings. The lowest BCUT2D eigenvalue weighted by Gasteiger charge is -2.15. The number of nitrogens with two attached hydrogens (primary N) is 1. The summed E-state index contributed by atoms with van der Waals surface area (Å²) < 4.78 is 1.82. The van der Waals surface area contributed by atoms with Crippen LogP contribution in [0.3, 0.4) is 0 Å². The summed E-state index contributed by atoms with van der Waals surface area (Å²) in [4.78, 5) is 0. The first kappa shape index (κ1) is 13.8. The summed E-state index contributed by atoms with van der Waals surface area (Å²) in [5.41, 5.74) is 7.91. The average Bonchev–Trinajstić information content (AvgIpc) is 2.78. The zero-order valence-corrected chi connectivity index (χ0v) is 11.9. The summed E-state index contributed by atoms with van der Waals surface area (Å²) in [5.74, 6) is 5.66. The second kappa shape index (κ2) is 5.99. The smallest absolute Gasteiger partial charge is 0.0640 e. The molecule has 0 amide bonds. The molecule has 1 unspecified atom stereocenters. The molecule has 4 heteroatoms. The van der Waals surface area contributed by atoms with E-state index in [1.165, 1.54) is 16.7 Å². The van der Waals surface area contributed by atoms with Gasteiger partial charge in [-0.25, -0.2) is 0 Å². The molecule has 0 saturated carbocycles. The highest BCUT2D eigenvalue weighted by atomic mass is 15.3. The van der Waals surface area contributed by atoms with Gasteiger partial charge in [-0.3, -0.25) is 16.0 Å². The number of hydrazine groups is 1. The van der Waals surface area contributed by atoms with E-state index < -0.39 is 0 Å². The highest BCUT2D eigenvalue weighted by Gasteiger charge is 2.11. The number of rotatable bonds is 5. The van der Waals surface area contributed by atoms with E-state index in [1.54, 1.807) is 0 Å². The van der Waals surface area contributed by atoms with E-state index >= 15 is 0 Å². The fraction of sp³-hybridized carbons (Fsp3) is 0.400. The van der Waals surface area contributed by atoms with Gasteiger partial charge >= 0.3 is 0 Å². The molecule has 19 heavy (non-hydrogen) atoms. The van der Waals surface area contributed by atoms with Crippen LogP contribution in [0.4, 0.5) is 0 Å². The number of hydrogen-bond donors (Lipinski definition) is 2. The quantitative estimate of drug-likeness (QED) is 0.633. The Morgan fingerprint density at radius 2 is 2.00 bits per heavy atom. The topological polar surface area (TPSA) is 55.9 Å². The second-order valence-corrected chi connectivity index (χ2v) is 5.17. The molecule has 2 rings (SSSR count). The summed E-state index contributed by atoms with van der Waals surface area (Å²) in [6.07, 6.45) is 3.71. The first-order valence-electron chi connectivity index (χ1n) is 6.59. The van der Waals surface area contributed by atoms with Crippen molar-refractivity contribution in [1.29, 1.82) is 0 Å². The van der Waals surface area contributed by atoms with Gasteiger partial charge in [0.25, 0.3) is 0 Å². The molecule has 102 valence electrons. The highest BCUT2D eigenvalue weighted by molar-refractivity contribution is 5.30. The van der Waals surface area contributed by atoms with E-state index in [-0.39, 0.29) is 6.04 Å². The van der Waals surface area contributed by atoms with Gasteiger partial charge in [-0.15, -0.1) is 0 Å². The van der Waals surface area contributed by atoms with E-state index in [4.69, 9.17) is 5.84 Å². The zero-order chi connectivity index (χ0) is 13.8. The van der Waals surface area contributed by atoms with Gasteiger partial charge in [0.15, 0.2) is 0 Å². The third kappa shape index (κ3) is 3.66. The lowest BCUT2D eigenvalue weighted by atomic mass is 9.99.